The molecule has 3 aliphatic rings. The van der Waals surface area contributed by atoms with Gasteiger partial charge in [0.15, 0.2) is 0 Å². The molecule has 0 spiro atoms. The topological polar surface area (TPSA) is 33.5 Å². The molecule has 1 aromatic carbocycles. The maximum atomic E-state index is 5.85. The van der Waals surface area contributed by atoms with Gasteiger partial charge in [-0.25, -0.2) is 4.68 Å². The summed E-state index contributed by atoms with van der Waals surface area (Å²) in [7, 11) is 0. The van der Waals surface area contributed by atoms with Gasteiger partial charge in [-0.05, 0) is 81.6 Å². The third-order valence-corrected chi connectivity index (χ3v) is 6.95. The molecule has 1 aromatic heterocycles. The number of hydrogen-bond acceptors (Lipinski definition) is 4. The van der Waals surface area contributed by atoms with Crippen molar-refractivity contribution in [3.8, 4) is 11.1 Å². The van der Waals surface area contributed by atoms with E-state index in [0.717, 1.165) is 18.9 Å². The molecule has 0 radical (unpaired) electrons. The van der Waals surface area contributed by atoms with Crippen LogP contribution in [0.15, 0.2) is 36.7 Å². The summed E-state index contributed by atoms with van der Waals surface area (Å²) in [6.45, 7) is 7.20. The van der Waals surface area contributed by atoms with Crippen LogP contribution in [0.4, 0.5) is 5.69 Å². The van der Waals surface area contributed by atoms with Crippen LogP contribution in [-0.4, -0.2) is 54.0 Å². The van der Waals surface area contributed by atoms with Gasteiger partial charge in [-0.3, -0.25) is 0 Å². The highest BCUT2D eigenvalue weighted by Gasteiger charge is 2.23. The number of ether oxygens (including phenoxy) is 1. The molecule has 0 N–H and O–H groups in total. The van der Waals surface area contributed by atoms with E-state index in [1.165, 1.54) is 88.1 Å². The van der Waals surface area contributed by atoms with Crippen molar-refractivity contribution in [3.05, 3.63) is 36.7 Å². The summed E-state index contributed by atoms with van der Waals surface area (Å²) in [6.07, 6.45) is 13.1. The Morgan fingerprint density at radius 2 is 1.66 bits per heavy atom. The van der Waals surface area contributed by atoms with Gasteiger partial charge in [-0.1, -0.05) is 12.1 Å². The van der Waals surface area contributed by atoms with Crippen LogP contribution < -0.4 is 4.90 Å². The van der Waals surface area contributed by atoms with E-state index in [9.17, 15) is 0 Å². The fourth-order valence-corrected chi connectivity index (χ4v) is 5.15. The highest BCUT2D eigenvalue weighted by atomic mass is 16.5. The lowest BCUT2D eigenvalue weighted by atomic mass is 9.95. The first kappa shape index (κ1) is 19.1. The Morgan fingerprint density at radius 3 is 2.38 bits per heavy atom. The first-order valence-corrected chi connectivity index (χ1v) is 11.6. The second-order valence-corrected chi connectivity index (χ2v) is 9.02. The van der Waals surface area contributed by atoms with Crippen LogP contribution >= 0.6 is 0 Å². The third-order valence-electron chi connectivity index (χ3n) is 6.95. The van der Waals surface area contributed by atoms with Crippen molar-refractivity contribution in [2.75, 3.05) is 44.2 Å². The van der Waals surface area contributed by atoms with Crippen molar-refractivity contribution in [2.24, 2.45) is 5.92 Å². The summed E-state index contributed by atoms with van der Waals surface area (Å²) in [5.74, 6) is 0.886. The van der Waals surface area contributed by atoms with E-state index in [-0.39, 0.29) is 6.23 Å². The molecule has 3 fully saturated rings. The Hall–Kier alpha value is -1.85. The normalized spacial score (nSPS) is 24.3. The lowest BCUT2D eigenvalue weighted by molar-refractivity contribution is -0.0394. The number of aromatic nitrogens is 2. The molecule has 5 nitrogen and oxygen atoms in total. The predicted molar refractivity (Wildman–Crippen MR) is 117 cm³/mol. The summed E-state index contributed by atoms with van der Waals surface area (Å²) in [6, 6.07) is 9.05. The van der Waals surface area contributed by atoms with Gasteiger partial charge in [0.1, 0.15) is 6.23 Å². The third kappa shape index (κ3) is 4.51. The number of anilines is 1. The minimum atomic E-state index is 0.110. The van der Waals surface area contributed by atoms with E-state index in [0.29, 0.717) is 0 Å². The summed E-state index contributed by atoms with van der Waals surface area (Å²) in [5.41, 5.74) is 3.77. The molecule has 29 heavy (non-hydrogen) atoms. The molecule has 1 atom stereocenters. The molecule has 0 bridgehead atoms. The van der Waals surface area contributed by atoms with Crippen LogP contribution in [-0.2, 0) is 4.74 Å². The molecule has 5 heteroatoms. The SMILES string of the molecule is c1cc(N2CCC(CN3CCCC3)CC2)ccc1-c1cnn(C2CCCCO2)c1. The largest absolute Gasteiger partial charge is 0.372 e. The maximum absolute atomic E-state index is 5.85. The highest BCUT2D eigenvalue weighted by Crippen LogP contribution is 2.29. The molecule has 4 heterocycles. The lowest BCUT2D eigenvalue weighted by Crippen LogP contribution is -2.38. The standard InChI is InChI=1S/C24H34N4O/c1-4-16-29-24(5-1)28-19-22(17-25-28)21-6-8-23(9-7-21)27-14-10-20(11-15-27)18-26-12-2-3-13-26/h6-9,17,19-20,24H,1-5,10-16,18H2. The predicted octanol–water partition coefficient (Wildman–Crippen LogP) is 4.56. The zero-order valence-corrected chi connectivity index (χ0v) is 17.5. The van der Waals surface area contributed by atoms with Crippen molar-refractivity contribution in [1.82, 2.24) is 14.7 Å². The highest BCUT2D eigenvalue weighted by molar-refractivity contribution is 5.65. The molecule has 0 saturated carbocycles. The number of benzene rings is 1. The second-order valence-electron chi connectivity index (χ2n) is 9.02. The van der Waals surface area contributed by atoms with Gasteiger partial charge in [-0.2, -0.15) is 5.10 Å². The fraction of sp³-hybridized carbons (Fsp3) is 0.625. The van der Waals surface area contributed by atoms with E-state index >= 15 is 0 Å². The van der Waals surface area contributed by atoms with Crippen molar-refractivity contribution >= 4 is 5.69 Å². The maximum Gasteiger partial charge on any atom is 0.150 e. The number of rotatable bonds is 5. The van der Waals surface area contributed by atoms with E-state index in [2.05, 4.69) is 45.4 Å². The van der Waals surface area contributed by atoms with E-state index in [4.69, 9.17) is 4.74 Å². The summed E-state index contributed by atoms with van der Waals surface area (Å²) >= 11 is 0. The first-order chi connectivity index (χ1) is 14.3. The molecule has 0 amide bonds. The monoisotopic (exact) mass is 394 g/mol. The Labute approximate surface area is 174 Å². The number of likely N-dealkylation sites (tertiary alicyclic amines) is 1. The van der Waals surface area contributed by atoms with Crippen molar-refractivity contribution in [1.29, 1.82) is 0 Å². The fourth-order valence-electron chi connectivity index (χ4n) is 5.15. The smallest absolute Gasteiger partial charge is 0.150 e. The molecule has 1 unspecified atom stereocenters. The zero-order valence-electron chi connectivity index (χ0n) is 17.5. The first-order valence-electron chi connectivity index (χ1n) is 11.6. The van der Waals surface area contributed by atoms with Gasteiger partial charge in [0.2, 0.25) is 0 Å². The Morgan fingerprint density at radius 1 is 0.862 bits per heavy atom. The van der Waals surface area contributed by atoms with Gasteiger partial charge in [0.05, 0.1) is 6.20 Å². The minimum Gasteiger partial charge on any atom is -0.372 e. The molecular weight excluding hydrogens is 360 g/mol. The van der Waals surface area contributed by atoms with Crippen LogP contribution in [0.3, 0.4) is 0 Å². The van der Waals surface area contributed by atoms with Crippen LogP contribution in [0.2, 0.25) is 0 Å². The van der Waals surface area contributed by atoms with Gasteiger partial charge in [-0.15, -0.1) is 0 Å². The number of hydrogen-bond donors (Lipinski definition) is 0. The number of piperidine rings is 1. The molecular formula is C24H34N4O. The van der Waals surface area contributed by atoms with Crippen LogP contribution in [0.1, 0.15) is 51.2 Å². The molecule has 5 rings (SSSR count). The van der Waals surface area contributed by atoms with Crippen LogP contribution in [0.25, 0.3) is 11.1 Å². The Kier molecular flexibility index (Phi) is 5.86. The van der Waals surface area contributed by atoms with Crippen LogP contribution in [0.5, 0.6) is 0 Å². The lowest BCUT2D eigenvalue weighted by Gasteiger charge is -2.35. The minimum absolute atomic E-state index is 0.110. The molecule has 3 aliphatic heterocycles. The van der Waals surface area contributed by atoms with Gasteiger partial charge in [0.25, 0.3) is 0 Å². The summed E-state index contributed by atoms with van der Waals surface area (Å²) < 4.78 is 7.85. The zero-order chi connectivity index (χ0) is 19.5. The van der Waals surface area contributed by atoms with Crippen molar-refractivity contribution < 1.29 is 4.74 Å². The average molecular weight is 395 g/mol. The molecule has 3 saturated heterocycles. The summed E-state index contributed by atoms with van der Waals surface area (Å²) in [4.78, 5) is 5.23. The van der Waals surface area contributed by atoms with Crippen molar-refractivity contribution in [2.45, 2.75) is 51.2 Å². The van der Waals surface area contributed by atoms with E-state index in [1.54, 1.807) is 0 Å². The Bertz CT molecular complexity index is 766. The molecule has 0 aliphatic carbocycles. The van der Waals surface area contributed by atoms with Gasteiger partial charge < -0.3 is 14.5 Å². The quantitative estimate of drug-likeness (QED) is 0.744. The van der Waals surface area contributed by atoms with Gasteiger partial charge >= 0.3 is 0 Å². The van der Waals surface area contributed by atoms with Crippen molar-refractivity contribution in [3.63, 3.8) is 0 Å². The van der Waals surface area contributed by atoms with Gasteiger partial charge in [0, 0.05) is 43.7 Å². The van der Waals surface area contributed by atoms with Crippen LogP contribution in [0, 0.1) is 5.92 Å². The molecule has 156 valence electrons. The summed E-state index contributed by atoms with van der Waals surface area (Å²) in [5, 5.41) is 4.56. The Balaban J connectivity index is 1.17. The average Bonchev–Trinajstić information content (AvgIpc) is 3.48. The second kappa shape index (κ2) is 8.88. The molecule has 2 aromatic rings. The van der Waals surface area contributed by atoms with E-state index < -0.39 is 0 Å². The van der Waals surface area contributed by atoms with E-state index in [1.807, 2.05) is 10.9 Å². The number of nitrogens with zero attached hydrogens (tertiary/aromatic N) is 4.